The minimum atomic E-state index is -2.39. The van der Waals surface area contributed by atoms with Crippen LogP contribution < -0.4 is 10.1 Å². The second-order valence-corrected chi connectivity index (χ2v) is 11.4. The summed E-state index contributed by atoms with van der Waals surface area (Å²) in [6, 6.07) is 10.9. The molecule has 0 aliphatic heterocycles. The Hall–Kier alpha value is -4.69. The minimum Gasteiger partial charge on any atom is -0.448 e. The van der Waals surface area contributed by atoms with Gasteiger partial charge in [-0.1, -0.05) is 36.4 Å². The zero-order valence-corrected chi connectivity index (χ0v) is 25.6. The van der Waals surface area contributed by atoms with Crippen LogP contribution in [0.5, 0.6) is 5.75 Å². The number of oxazole rings is 1. The van der Waals surface area contributed by atoms with E-state index in [-0.39, 0.29) is 43.2 Å². The summed E-state index contributed by atoms with van der Waals surface area (Å²) in [6.45, 7) is 0.316. The Morgan fingerprint density at radius 1 is 0.936 bits per heavy atom. The Bertz CT molecular complexity index is 1680. The normalized spacial score (nSPS) is 16.8. The van der Waals surface area contributed by atoms with Crippen LogP contribution in [0.3, 0.4) is 0 Å². The molecule has 9 nitrogen and oxygen atoms in total. The highest BCUT2D eigenvalue weighted by molar-refractivity contribution is 5.92. The number of carbonyl (C=O) groups excluding carboxylic acids is 2. The van der Waals surface area contributed by atoms with E-state index >= 15 is 0 Å². The van der Waals surface area contributed by atoms with Crippen molar-refractivity contribution in [3.05, 3.63) is 113 Å². The number of ether oxygens (including phenoxy) is 1. The smallest absolute Gasteiger partial charge is 0.329 e. The van der Waals surface area contributed by atoms with Crippen molar-refractivity contribution in [2.75, 3.05) is 14.1 Å². The maximum atomic E-state index is 14.3. The molecule has 2 aromatic carbocycles. The third-order valence-electron chi connectivity index (χ3n) is 8.05. The van der Waals surface area contributed by atoms with Crippen LogP contribution in [0.2, 0.25) is 0 Å². The molecule has 0 saturated heterocycles. The van der Waals surface area contributed by atoms with Gasteiger partial charge in [0.1, 0.15) is 12.3 Å². The van der Waals surface area contributed by atoms with E-state index in [1.807, 2.05) is 20.2 Å². The van der Waals surface area contributed by atoms with Gasteiger partial charge in [-0.25, -0.2) is 22.9 Å². The zero-order chi connectivity index (χ0) is 33.7. The molecule has 47 heavy (non-hydrogen) atoms. The quantitative estimate of drug-likeness (QED) is 0.0731. The maximum Gasteiger partial charge on any atom is 0.329 e. The van der Waals surface area contributed by atoms with E-state index in [0.29, 0.717) is 5.56 Å². The number of aromatic nitrogens is 2. The molecule has 1 N–H and O–H groups in total. The number of hydrogen-bond donors (Lipinski definition) is 1. The van der Waals surface area contributed by atoms with Gasteiger partial charge in [-0.3, -0.25) is 15.1 Å². The summed E-state index contributed by atoms with van der Waals surface area (Å²) in [5.74, 6) is -15.1. The van der Waals surface area contributed by atoms with Crippen molar-refractivity contribution in [1.29, 1.82) is 0 Å². The van der Waals surface area contributed by atoms with Crippen molar-refractivity contribution in [3.63, 3.8) is 0 Å². The van der Waals surface area contributed by atoms with Crippen molar-refractivity contribution >= 4 is 11.9 Å². The second-order valence-electron chi connectivity index (χ2n) is 11.4. The van der Waals surface area contributed by atoms with Gasteiger partial charge in [0.15, 0.2) is 11.6 Å². The van der Waals surface area contributed by atoms with E-state index in [1.165, 1.54) is 0 Å². The van der Waals surface area contributed by atoms with Crippen molar-refractivity contribution in [2.24, 2.45) is 0 Å². The number of halogens is 5. The Kier molecular flexibility index (Phi) is 10.6. The highest BCUT2D eigenvalue weighted by Crippen LogP contribution is 2.31. The molecule has 3 atom stereocenters. The monoisotopic (exact) mass is 657 g/mol. The highest BCUT2D eigenvalue weighted by atomic mass is 19.2. The van der Waals surface area contributed by atoms with E-state index < -0.39 is 52.8 Å². The molecule has 2 heterocycles. The van der Waals surface area contributed by atoms with Gasteiger partial charge in [0, 0.05) is 37.6 Å². The van der Waals surface area contributed by atoms with Gasteiger partial charge >= 0.3 is 5.97 Å². The van der Waals surface area contributed by atoms with Crippen LogP contribution in [-0.2, 0) is 24.3 Å². The summed E-state index contributed by atoms with van der Waals surface area (Å²) in [4.78, 5) is 39.4. The maximum absolute atomic E-state index is 14.3. The van der Waals surface area contributed by atoms with Crippen LogP contribution in [0.25, 0.3) is 0 Å². The summed E-state index contributed by atoms with van der Waals surface area (Å²) in [7, 11) is 3.91. The van der Waals surface area contributed by atoms with E-state index in [9.17, 15) is 31.5 Å². The Morgan fingerprint density at radius 3 is 2.26 bits per heavy atom. The molecule has 1 fully saturated rings. The third kappa shape index (κ3) is 7.66. The van der Waals surface area contributed by atoms with Crippen molar-refractivity contribution in [2.45, 2.75) is 56.9 Å². The van der Waals surface area contributed by atoms with Crippen molar-refractivity contribution < 1.29 is 40.7 Å². The minimum absolute atomic E-state index is 0.0387. The molecule has 0 radical (unpaired) electrons. The number of amides is 1. The lowest BCUT2D eigenvalue weighted by molar-refractivity contribution is -0.137. The number of rotatable bonds is 12. The lowest BCUT2D eigenvalue weighted by Crippen LogP contribution is -2.48. The SMILES string of the molecule is CN(C)C1CCCC1N(Cc1cccnc1)C(=O)c1coc(CC(NCc2ccccc2)C(=O)Oc2c(F)c(F)c(F)c(F)c2F)n1. The van der Waals surface area contributed by atoms with Crippen molar-refractivity contribution in [3.8, 4) is 5.75 Å². The summed E-state index contributed by atoms with van der Waals surface area (Å²) in [5.41, 5.74) is 1.49. The molecule has 1 aliphatic carbocycles. The van der Waals surface area contributed by atoms with E-state index in [0.717, 1.165) is 31.1 Å². The molecule has 1 aliphatic rings. The molecule has 2 aromatic heterocycles. The Balaban J connectivity index is 1.39. The Morgan fingerprint density at radius 2 is 1.60 bits per heavy atom. The molecule has 1 amide bonds. The third-order valence-corrected chi connectivity index (χ3v) is 8.05. The standard InChI is InChI=1S/C33H32F5N5O4/c1-42(2)23-11-6-12-24(23)43(17-20-10-7-13-39-15-20)32(44)22-18-46-25(41-22)14-21(40-16-19-8-4-3-5-9-19)33(45)47-31-29(37)27(35)26(34)28(36)30(31)38/h3-5,7-10,13,15,18,21,23-24,40H,6,11-12,14,16-17H2,1-2H3. The zero-order valence-electron chi connectivity index (χ0n) is 25.6. The van der Waals surface area contributed by atoms with Crippen LogP contribution in [0.1, 0.15) is 46.8 Å². The summed E-state index contributed by atoms with van der Waals surface area (Å²) < 4.78 is 80.1. The predicted octanol–water partition coefficient (Wildman–Crippen LogP) is 5.20. The van der Waals surface area contributed by atoms with Gasteiger partial charge in [0.2, 0.25) is 34.8 Å². The van der Waals surface area contributed by atoms with E-state index in [2.05, 4.69) is 20.2 Å². The summed E-state index contributed by atoms with van der Waals surface area (Å²) in [5, 5.41) is 2.85. The van der Waals surface area contributed by atoms with Crippen LogP contribution in [0, 0.1) is 29.1 Å². The summed E-state index contributed by atoms with van der Waals surface area (Å²) in [6.07, 6.45) is 6.67. The number of nitrogens with one attached hydrogen (secondary N) is 1. The van der Waals surface area contributed by atoms with Crippen LogP contribution in [0.4, 0.5) is 22.0 Å². The number of likely N-dealkylation sites (N-methyl/N-ethyl adjacent to an activating group) is 1. The molecular weight excluding hydrogens is 625 g/mol. The lowest BCUT2D eigenvalue weighted by Gasteiger charge is -2.35. The van der Waals surface area contributed by atoms with Gasteiger partial charge in [-0.05, 0) is 50.6 Å². The predicted molar refractivity (Wildman–Crippen MR) is 158 cm³/mol. The van der Waals surface area contributed by atoms with Crippen LogP contribution in [-0.4, -0.2) is 63.9 Å². The molecule has 3 unspecified atom stereocenters. The highest BCUT2D eigenvalue weighted by Gasteiger charge is 2.38. The number of nitrogens with zero attached hydrogens (tertiary/aromatic N) is 4. The van der Waals surface area contributed by atoms with Gasteiger partial charge in [0.25, 0.3) is 5.91 Å². The molecule has 1 saturated carbocycles. The fourth-order valence-corrected chi connectivity index (χ4v) is 5.66. The lowest BCUT2D eigenvalue weighted by atomic mass is 10.1. The summed E-state index contributed by atoms with van der Waals surface area (Å²) >= 11 is 0. The van der Waals surface area contributed by atoms with E-state index in [1.54, 1.807) is 53.7 Å². The topological polar surface area (TPSA) is 101 Å². The molecule has 5 rings (SSSR count). The number of pyridine rings is 1. The number of carbonyl (C=O) groups is 2. The van der Waals surface area contributed by atoms with Crippen LogP contribution in [0.15, 0.2) is 65.5 Å². The molecule has 4 aromatic rings. The van der Waals surface area contributed by atoms with Gasteiger partial charge in [0.05, 0.1) is 6.42 Å². The van der Waals surface area contributed by atoms with Gasteiger partial charge < -0.3 is 19.0 Å². The average Bonchev–Trinajstić information content (AvgIpc) is 3.77. The number of benzene rings is 2. The molecule has 0 spiro atoms. The average molecular weight is 658 g/mol. The van der Waals surface area contributed by atoms with Gasteiger partial charge in [-0.2, -0.15) is 8.78 Å². The first-order chi connectivity index (χ1) is 22.5. The molecule has 248 valence electrons. The van der Waals surface area contributed by atoms with Crippen molar-refractivity contribution in [1.82, 2.24) is 25.1 Å². The first-order valence-corrected chi connectivity index (χ1v) is 14.9. The second kappa shape index (κ2) is 14.8. The molecular formula is C33H32F5N5O4. The first-order valence-electron chi connectivity index (χ1n) is 14.9. The largest absolute Gasteiger partial charge is 0.448 e. The van der Waals surface area contributed by atoms with Crippen LogP contribution >= 0.6 is 0 Å². The molecule has 14 heteroatoms. The van der Waals surface area contributed by atoms with E-state index in [4.69, 9.17) is 9.15 Å². The molecule has 0 bridgehead atoms. The number of esters is 1. The van der Waals surface area contributed by atoms with Gasteiger partial charge in [-0.15, -0.1) is 0 Å². The fraction of sp³-hybridized carbons (Fsp3) is 0.333. The number of hydrogen-bond acceptors (Lipinski definition) is 8. The first kappa shape index (κ1) is 33.7. The Labute approximate surface area is 267 Å². The fourth-order valence-electron chi connectivity index (χ4n) is 5.66.